The van der Waals surface area contributed by atoms with E-state index in [-0.39, 0.29) is 0 Å². The number of carbonyl (C=O) groups excluding carboxylic acids is 1. The van der Waals surface area contributed by atoms with Crippen molar-refractivity contribution in [1.82, 2.24) is 19.9 Å². The Morgan fingerprint density at radius 2 is 1.97 bits per heavy atom. The summed E-state index contributed by atoms with van der Waals surface area (Å²) in [6, 6.07) is 8.14. The number of benzene rings is 1. The lowest BCUT2D eigenvalue weighted by Crippen LogP contribution is -2.36. The van der Waals surface area contributed by atoms with Crippen LogP contribution < -0.4 is 19.9 Å². The summed E-state index contributed by atoms with van der Waals surface area (Å²) in [5, 5.41) is 3.40. The molecule has 1 N–H and O–H groups in total. The lowest BCUT2D eigenvalue weighted by atomic mass is 10.1. The number of rotatable bonds is 7. The van der Waals surface area contributed by atoms with E-state index in [0.29, 0.717) is 50.3 Å². The number of aromatic nitrogens is 4. The normalized spacial score (nSPS) is 14.9. The van der Waals surface area contributed by atoms with E-state index in [1.807, 2.05) is 24.1 Å². The Morgan fingerprint density at radius 1 is 1.15 bits per heavy atom. The van der Waals surface area contributed by atoms with Crippen LogP contribution in [-0.2, 0) is 16.0 Å². The van der Waals surface area contributed by atoms with Gasteiger partial charge in [0.1, 0.15) is 12.4 Å². The number of esters is 1. The van der Waals surface area contributed by atoms with Gasteiger partial charge in [-0.25, -0.2) is 24.7 Å². The van der Waals surface area contributed by atoms with Gasteiger partial charge >= 0.3 is 5.97 Å². The Labute approximate surface area is 229 Å². The quantitative estimate of drug-likeness (QED) is 0.342. The molecule has 0 saturated carbocycles. The van der Waals surface area contributed by atoms with Crippen molar-refractivity contribution in [2.45, 2.75) is 13.5 Å². The van der Waals surface area contributed by atoms with Gasteiger partial charge in [0.25, 0.3) is 0 Å². The molecule has 3 aromatic heterocycles. The van der Waals surface area contributed by atoms with Gasteiger partial charge in [-0.2, -0.15) is 0 Å². The first-order chi connectivity index (χ1) is 19.1. The van der Waals surface area contributed by atoms with Crippen molar-refractivity contribution in [3.63, 3.8) is 0 Å². The van der Waals surface area contributed by atoms with Gasteiger partial charge in [0.05, 0.1) is 47.8 Å². The van der Waals surface area contributed by atoms with Gasteiger partial charge in [-0.05, 0) is 31.2 Å². The first-order valence-corrected chi connectivity index (χ1v) is 13.7. The molecule has 202 valence electrons. The van der Waals surface area contributed by atoms with E-state index in [9.17, 15) is 4.79 Å². The van der Waals surface area contributed by atoms with Gasteiger partial charge < -0.3 is 29.3 Å². The average molecular weight is 548 g/mol. The minimum Gasteiger partial charge on any atom is -0.490 e. The molecule has 0 amide bonds. The highest BCUT2D eigenvalue weighted by atomic mass is 32.1. The third-order valence-corrected chi connectivity index (χ3v) is 7.62. The fraction of sp³-hybridized carbons (Fsp3) is 0.370. The van der Waals surface area contributed by atoms with E-state index in [1.54, 1.807) is 18.3 Å². The zero-order valence-corrected chi connectivity index (χ0v) is 22.7. The summed E-state index contributed by atoms with van der Waals surface area (Å²) in [7, 11) is 1.92. The lowest BCUT2D eigenvalue weighted by Gasteiger charge is -2.28. The molecule has 1 fully saturated rings. The zero-order valence-electron chi connectivity index (χ0n) is 21.8. The van der Waals surface area contributed by atoms with Gasteiger partial charge in [-0.15, -0.1) is 11.3 Å². The van der Waals surface area contributed by atoms with Crippen LogP contribution in [-0.4, -0.2) is 79.0 Å². The molecule has 0 unspecified atom stereocenters. The van der Waals surface area contributed by atoms with Crippen LogP contribution in [0.2, 0.25) is 0 Å². The molecule has 39 heavy (non-hydrogen) atoms. The molecule has 1 aromatic carbocycles. The Kier molecular flexibility index (Phi) is 7.12. The summed E-state index contributed by atoms with van der Waals surface area (Å²) in [6.07, 6.45) is 2.99. The predicted molar refractivity (Wildman–Crippen MR) is 150 cm³/mol. The van der Waals surface area contributed by atoms with E-state index >= 15 is 0 Å². The fourth-order valence-corrected chi connectivity index (χ4v) is 5.75. The largest absolute Gasteiger partial charge is 0.490 e. The SMILES string of the molecule is CCOC(=O)c1cnc(N(C)Cc2cc3nc(-c4ccc5c(c4)NCCO5)nc(N4CCOCC4)c3s2)nc1. The van der Waals surface area contributed by atoms with Gasteiger partial charge in [0, 0.05) is 49.5 Å². The summed E-state index contributed by atoms with van der Waals surface area (Å²) in [5.41, 5.74) is 3.12. The summed E-state index contributed by atoms with van der Waals surface area (Å²) in [6.45, 7) is 6.97. The maximum absolute atomic E-state index is 11.9. The number of ether oxygens (including phenoxy) is 3. The van der Waals surface area contributed by atoms with Gasteiger partial charge in [-0.1, -0.05) is 0 Å². The van der Waals surface area contributed by atoms with Crippen LogP contribution in [0, 0.1) is 0 Å². The number of thiophene rings is 1. The third kappa shape index (κ3) is 5.30. The van der Waals surface area contributed by atoms with Crippen LogP contribution in [0.4, 0.5) is 17.5 Å². The number of anilines is 3. The first-order valence-electron chi connectivity index (χ1n) is 12.9. The summed E-state index contributed by atoms with van der Waals surface area (Å²) in [5.74, 6) is 2.54. The second kappa shape index (κ2) is 11.0. The van der Waals surface area contributed by atoms with Crippen LogP contribution in [0.3, 0.4) is 0 Å². The van der Waals surface area contributed by atoms with Crippen LogP contribution in [0.15, 0.2) is 36.7 Å². The Morgan fingerprint density at radius 3 is 2.77 bits per heavy atom. The molecule has 2 aliphatic heterocycles. The highest BCUT2D eigenvalue weighted by molar-refractivity contribution is 7.19. The molecule has 5 heterocycles. The van der Waals surface area contributed by atoms with Gasteiger partial charge in [-0.3, -0.25) is 0 Å². The van der Waals surface area contributed by atoms with Crippen molar-refractivity contribution in [3.05, 3.63) is 47.1 Å². The highest BCUT2D eigenvalue weighted by Crippen LogP contribution is 2.37. The van der Waals surface area contributed by atoms with Crippen LogP contribution in [0.5, 0.6) is 5.75 Å². The van der Waals surface area contributed by atoms with Gasteiger partial charge in [0.2, 0.25) is 5.95 Å². The van der Waals surface area contributed by atoms with E-state index in [4.69, 9.17) is 24.2 Å². The predicted octanol–water partition coefficient (Wildman–Crippen LogP) is 3.60. The maximum atomic E-state index is 11.9. The topological polar surface area (TPSA) is 115 Å². The minimum atomic E-state index is -0.427. The standard InChI is InChI=1S/C27H29N7O4S/c1-3-37-26(35)18-14-29-27(30-15-18)33(2)16-19-13-21-23(39-19)25(34-7-10-36-11-8-34)32-24(31-21)17-4-5-22-20(12-17)28-6-9-38-22/h4-5,12-15,28H,3,6-11,16H2,1-2H3. The molecular formula is C27H29N7O4S. The first kappa shape index (κ1) is 25.3. The van der Waals surface area contributed by atoms with Gasteiger partial charge in [0.15, 0.2) is 11.6 Å². The molecule has 0 spiro atoms. The molecule has 6 rings (SSSR count). The second-order valence-corrected chi connectivity index (χ2v) is 10.4. The number of nitrogens with one attached hydrogen (secondary N) is 1. The third-order valence-electron chi connectivity index (χ3n) is 6.51. The number of fused-ring (bicyclic) bond motifs is 2. The molecule has 12 heteroatoms. The van der Waals surface area contributed by atoms with Crippen molar-refractivity contribution < 1.29 is 19.0 Å². The number of hydrogen-bond acceptors (Lipinski definition) is 12. The molecule has 1 saturated heterocycles. The Balaban J connectivity index is 1.31. The highest BCUT2D eigenvalue weighted by Gasteiger charge is 2.22. The zero-order chi connectivity index (χ0) is 26.8. The number of carbonyl (C=O) groups is 1. The molecule has 0 atom stereocenters. The van der Waals surface area contributed by atoms with Crippen molar-refractivity contribution in [2.75, 3.05) is 68.2 Å². The number of hydrogen-bond donors (Lipinski definition) is 1. The second-order valence-electron chi connectivity index (χ2n) is 9.23. The monoisotopic (exact) mass is 547 g/mol. The Bertz CT molecular complexity index is 1490. The number of morpholine rings is 1. The molecular weight excluding hydrogens is 518 g/mol. The molecule has 0 radical (unpaired) electrons. The Hall–Kier alpha value is -4.03. The number of nitrogens with zero attached hydrogens (tertiary/aromatic N) is 6. The van der Waals surface area contributed by atoms with Crippen molar-refractivity contribution >= 4 is 45.0 Å². The summed E-state index contributed by atoms with van der Waals surface area (Å²) >= 11 is 1.67. The fourth-order valence-electron chi connectivity index (χ4n) is 4.58. The maximum Gasteiger partial charge on any atom is 0.341 e. The van der Waals surface area contributed by atoms with Crippen LogP contribution in [0.1, 0.15) is 22.2 Å². The van der Waals surface area contributed by atoms with Crippen LogP contribution >= 0.6 is 11.3 Å². The van der Waals surface area contributed by atoms with Crippen molar-refractivity contribution in [1.29, 1.82) is 0 Å². The van der Waals surface area contributed by atoms with Crippen molar-refractivity contribution in [2.24, 2.45) is 0 Å². The lowest BCUT2D eigenvalue weighted by molar-refractivity contribution is 0.0525. The van der Waals surface area contributed by atoms with E-state index < -0.39 is 5.97 Å². The summed E-state index contributed by atoms with van der Waals surface area (Å²) < 4.78 is 17.4. The average Bonchev–Trinajstić information content (AvgIpc) is 3.39. The summed E-state index contributed by atoms with van der Waals surface area (Å²) in [4.78, 5) is 36.0. The van der Waals surface area contributed by atoms with Crippen molar-refractivity contribution in [3.8, 4) is 17.1 Å². The van der Waals surface area contributed by atoms with E-state index in [0.717, 1.165) is 57.5 Å². The minimum absolute atomic E-state index is 0.307. The molecule has 4 aromatic rings. The van der Waals surface area contributed by atoms with E-state index in [2.05, 4.69) is 32.3 Å². The van der Waals surface area contributed by atoms with Crippen LogP contribution in [0.25, 0.3) is 21.6 Å². The van der Waals surface area contributed by atoms with E-state index in [1.165, 1.54) is 12.4 Å². The molecule has 11 nitrogen and oxygen atoms in total. The molecule has 0 aliphatic carbocycles. The smallest absolute Gasteiger partial charge is 0.341 e. The molecule has 2 aliphatic rings. The molecule has 0 bridgehead atoms.